The van der Waals surface area contributed by atoms with Gasteiger partial charge >= 0.3 is 0 Å². The molecule has 0 spiro atoms. The van der Waals surface area contributed by atoms with E-state index in [0.29, 0.717) is 5.95 Å². The van der Waals surface area contributed by atoms with Gasteiger partial charge in [-0.1, -0.05) is 12.1 Å². The minimum absolute atomic E-state index is 0.0121. The second kappa shape index (κ2) is 11.1. The van der Waals surface area contributed by atoms with Gasteiger partial charge in [0.2, 0.25) is 15.8 Å². The Balaban J connectivity index is 1.43. The first-order valence-electron chi connectivity index (χ1n) is 12.1. The number of methoxy groups -OCH3 is 1. The molecule has 10 nitrogen and oxygen atoms in total. The van der Waals surface area contributed by atoms with Gasteiger partial charge in [0, 0.05) is 44.1 Å². The van der Waals surface area contributed by atoms with Gasteiger partial charge in [0.15, 0.2) is 5.03 Å². The molecular formula is C26H32N6O4S. The molecule has 0 bridgehead atoms. The summed E-state index contributed by atoms with van der Waals surface area (Å²) >= 11 is 0. The fourth-order valence-electron chi connectivity index (χ4n) is 4.40. The molecule has 2 heterocycles. The summed E-state index contributed by atoms with van der Waals surface area (Å²) in [5, 5.41) is 6.13. The number of amides is 1. The maximum absolute atomic E-state index is 13.4. The fraction of sp³-hybridized carbons (Fsp3) is 0.385. The van der Waals surface area contributed by atoms with Crippen LogP contribution >= 0.6 is 0 Å². The Hall–Kier alpha value is -3.73. The van der Waals surface area contributed by atoms with Crippen LogP contribution in [-0.4, -0.2) is 62.6 Å². The van der Waals surface area contributed by atoms with Gasteiger partial charge in [-0.2, -0.15) is 4.98 Å². The molecule has 2 aromatic heterocycles. The van der Waals surface area contributed by atoms with Crippen molar-refractivity contribution in [2.75, 3.05) is 31.4 Å². The monoisotopic (exact) mass is 524 g/mol. The van der Waals surface area contributed by atoms with Crippen LogP contribution in [0.1, 0.15) is 41.7 Å². The number of aromatic nitrogens is 3. The topological polar surface area (TPSA) is 126 Å². The smallest absolute Gasteiger partial charge is 0.254 e. The number of pyridine rings is 1. The molecule has 0 radical (unpaired) electrons. The Kier molecular flexibility index (Phi) is 7.91. The number of hydrogen-bond donors (Lipinski definition) is 2. The van der Waals surface area contributed by atoms with Crippen molar-refractivity contribution in [1.29, 1.82) is 0 Å². The molecule has 1 aliphatic carbocycles. The first kappa shape index (κ1) is 26.3. The minimum Gasteiger partial charge on any atom is -0.495 e. The van der Waals surface area contributed by atoms with Crippen LogP contribution < -0.4 is 20.3 Å². The van der Waals surface area contributed by atoms with Gasteiger partial charge in [0.25, 0.3) is 5.91 Å². The van der Waals surface area contributed by atoms with Crippen LogP contribution in [0.4, 0.5) is 11.8 Å². The lowest BCUT2D eigenvalue weighted by Gasteiger charge is -2.30. The number of anilines is 2. The lowest BCUT2D eigenvalue weighted by molar-refractivity contribution is 0.0922. The number of hydrogen-bond acceptors (Lipinski definition) is 9. The predicted octanol–water partition coefficient (Wildman–Crippen LogP) is 3.24. The van der Waals surface area contributed by atoms with Crippen LogP contribution in [0.2, 0.25) is 0 Å². The Bertz CT molecular complexity index is 1370. The zero-order valence-corrected chi connectivity index (χ0v) is 22.2. The van der Waals surface area contributed by atoms with Crippen molar-refractivity contribution >= 4 is 27.5 Å². The van der Waals surface area contributed by atoms with E-state index in [4.69, 9.17) is 4.74 Å². The molecule has 0 saturated heterocycles. The first-order valence-corrected chi connectivity index (χ1v) is 13.6. The molecule has 1 fully saturated rings. The molecule has 1 saturated carbocycles. The Morgan fingerprint density at radius 1 is 1.03 bits per heavy atom. The highest BCUT2D eigenvalue weighted by molar-refractivity contribution is 7.91. The van der Waals surface area contributed by atoms with Crippen LogP contribution in [0, 0.1) is 6.92 Å². The summed E-state index contributed by atoms with van der Waals surface area (Å²) in [4.78, 5) is 28.2. The molecule has 4 rings (SSSR count). The Morgan fingerprint density at radius 3 is 2.43 bits per heavy atom. The summed E-state index contributed by atoms with van der Waals surface area (Å²) in [5.74, 6) is 1.17. The zero-order chi connectivity index (χ0) is 26.6. The fourth-order valence-corrected chi connectivity index (χ4v) is 5.93. The third-order valence-electron chi connectivity index (χ3n) is 6.32. The van der Waals surface area contributed by atoms with E-state index in [2.05, 4.69) is 25.6 Å². The molecule has 1 amide bonds. The number of benzene rings is 1. The third kappa shape index (κ3) is 5.99. The minimum atomic E-state index is -4.08. The second-order valence-electron chi connectivity index (χ2n) is 9.26. The van der Waals surface area contributed by atoms with Gasteiger partial charge in [-0.25, -0.2) is 18.4 Å². The average Bonchev–Trinajstić information content (AvgIpc) is 2.89. The summed E-state index contributed by atoms with van der Waals surface area (Å²) in [6.07, 6.45) is 4.48. The lowest BCUT2D eigenvalue weighted by atomic mass is 9.91. The van der Waals surface area contributed by atoms with Gasteiger partial charge in [-0.15, -0.1) is 0 Å². The van der Waals surface area contributed by atoms with E-state index < -0.39 is 15.7 Å². The standard InChI is InChI=1S/C26H32N6O4S/c1-17-16-23(32(2)3)31-26(28-17)30-19-13-11-18(12-14-19)29-24(33)20-8-7-15-27-25(20)37(34,35)22-10-6-5-9-21(22)36-4/h5-10,15-16,18-19H,11-14H2,1-4H3,(H,29,33)(H,28,30,31). The van der Waals surface area contributed by atoms with Crippen molar-refractivity contribution in [1.82, 2.24) is 20.3 Å². The van der Waals surface area contributed by atoms with Crippen LogP contribution in [-0.2, 0) is 9.84 Å². The van der Waals surface area contributed by atoms with Gasteiger partial charge in [-0.05, 0) is 56.9 Å². The van der Waals surface area contributed by atoms with E-state index in [-0.39, 0.29) is 33.3 Å². The van der Waals surface area contributed by atoms with Gasteiger partial charge in [-0.3, -0.25) is 4.79 Å². The van der Waals surface area contributed by atoms with Crippen LogP contribution in [0.3, 0.4) is 0 Å². The van der Waals surface area contributed by atoms with E-state index in [1.807, 2.05) is 32.0 Å². The van der Waals surface area contributed by atoms with E-state index in [9.17, 15) is 13.2 Å². The van der Waals surface area contributed by atoms with Gasteiger partial charge in [0.1, 0.15) is 16.5 Å². The number of nitrogens with zero attached hydrogens (tertiary/aromatic N) is 4. The highest BCUT2D eigenvalue weighted by atomic mass is 32.2. The van der Waals surface area contributed by atoms with Crippen molar-refractivity contribution in [2.24, 2.45) is 0 Å². The molecule has 0 atom stereocenters. The molecular weight excluding hydrogens is 492 g/mol. The number of nitrogens with one attached hydrogen (secondary N) is 2. The summed E-state index contributed by atoms with van der Waals surface area (Å²) < 4.78 is 32.0. The Morgan fingerprint density at radius 2 is 1.73 bits per heavy atom. The average molecular weight is 525 g/mol. The molecule has 196 valence electrons. The maximum Gasteiger partial charge on any atom is 0.254 e. The molecule has 0 unspecified atom stereocenters. The summed E-state index contributed by atoms with van der Waals surface area (Å²) in [6.45, 7) is 1.94. The summed E-state index contributed by atoms with van der Waals surface area (Å²) in [5.41, 5.74) is 0.899. The highest BCUT2D eigenvalue weighted by Gasteiger charge is 2.30. The molecule has 1 aromatic carbocycles. The first-order chi connectivity index (χ1) is 17.7. The van der Waals surface area contributed by atoms with Gasteiger partial charge < -0.3 is 20.3 Å². The van der Waals surface area contributed by atoms with Crippen molar-refractivity contribution in [3.05, 3.63) is 59.9 Å². The highest BCUT2D eigenvalue weighted by Crippen LogP contribution is 2.30. The molecule has 1 aliphatic rings. The summed E-state index contributed by atoms with van der Waals surface area (Å²) in [7, 11) is 1.20. The number of para-hydroxylation sites is 1. The van der Waals surface area contributed by atoms with E-state index >= 15 is 0 Å². The second-order valence-corrected chi connectivity index (χ2v) is 11.1. The lowest BCUT2D eigenvalue weighted by Crippen LogP contribution is -2.40. The Labute approximate surface area is 217 Å². The third-order valence-corrected chi connectivity index (χ3v) is 8.07. The molecule has 2 N–H and O–H groups in total. The normalized spacial score (nSPS) is 17.6. The number of sulfone groups is 1. The maximum atomic E-state index is 13.4. The molecule has 37 heavy (non-hydrogen) atoms. The number of ether oxygens (including phenoxy) is 1. The van der Waals surface area contributed by atoms with Crippen molar-refractivity contribution in [3.8, 4) is 5.75 Å². The van der Waals surface area contributed by atoms with Crippen molar-refractivity contribution < 1.29 is 17.9 Å². The molecule has 0 aliphatic heterocycles. The molecule has 3 aromatic rings. The number of carbonyl (C=O) groups is 1. The van der Waals surface area contributed by atoms with Gasteiger partial charge in [0.05, 0.1) is 12.7 Å². The van der Waals surface area contributed by atoms with Crippen molar-refractivity contribution in [2.45, 2.75) is 54.6 Å². The van der Waals surface area contributed by atoms with Crippen LogP contribution in [0.5, 0.6) is 5.75 Å². The van der Waals surface area contributed by atoms with Crippen LogP contribution in [0.25, 0.3) is 0 Å². The number of rotatable bonds is 8. The molecule has 11 heteroatoms. The number of aryl methyl sites for hydroxylation is 1. The van der Waals surface area contributed by atoms with E-state index in [0.717, 1.165) is 37.2 Å². The SMILES string of the molecule is COc1ccccc1S(=O)(=O)c1ncccc1C(=O)NC1CCC(Nc2nc(C)cc(N(C)C)n2)CC1. The van der Waals surface area contributed by atoms with Crippen LogP contribution in [0.15, 0.2) is 58.6 Å². The van der Waals surface area contributed by atoms with E-state index in [1.165, 1.54) is 25.4 Å². The zero-order valence-electron chi connectivity index (χ0n) is 21.4. The quantitative estimate of drug-likeness (QED) is 0.457. The van der Waals surface area contributed by atoms with Crippen molar-refractivity contribution in [3.63, 3.8) is 0 Å². The predicted molar refractivity (Wildman–Crippen MR) is 141 cm³/mol. The summed E-state index contributed by atoms with van der Waals surface area (Å²) in [6, 6.07) is 11.4. The van der Waals surface area contributed by atoms with E-state index in [1.54, 1.807) is 24.3 Å². The number of carbonyl (C=O) groups excluding carboxylic acids is 1. The largest absolute Gasteiger partial charge is 0.495 e.